The lowest BCUT2D eigenvalue weighted by Crippen LogP contribution is -2.62. The Hall–Kier alpha value is -11.6. The molecule has 41 heteroatoms. The third-order valence-electron chi connectivity index (χ3n) is 22.5. The van der Waals surface area contributed by atoms with Crippen molar-refractivity contribution in [1.82, 2.24) is 83.6 Å². The number of carbonyl (C=O) groups is 14. The second-order valence-corrected chi connectivity index (χ2v) is 32.9. The smallest absolute Gasteiger partial charge is 0.246 e. The molecule has 31 N–H and O–H groups in total. The van der Waals surface area contributed by atoms with Crippen molar-refractivity contribution < 1.29 is 72.2 Å². The van der Waals surface area contributed by atoms with Crippen LogP contribution in [-0.2, 0) is 80.0 Å². The number of nitrogens with one attached hydrogen (secondary N) is 14. The number of hydrogen-bond acceptors (Lipinski definition) is 21. The number of aliphatic hydroxyl groups excluding tert-OH is 1. The third kappa shape index (κ3) is 31.0. The fraction of sp³-hybridized carbons (Fsp3) is 0.619. The highest BCUT2D eigenvalue weighted by Crippen LogP contribution is 2.28. The van der Waals surface area contributed by atoms with Gasteiger partial charge in [-0.2, -0.15) is 0 Å². The van der Waals surface area contributed by atoms with Crippen molar-refractivity contribution in [1.29, 1.82) is 0 Å². The van der Waals surface area contributed by atoms with E-state index in [1.165, 1.54) is 30.6 Å². The first kappa shape index (κ1) is 101. The van der Waals surface area contributed by atoms with Gasteiger partial charge in [0, 0.05) is 73.2 Å². The van der Waals surface area contributed by atoms with E-state index in [-0.39, 0.29) is 167 Å². The minimum absolute atomic E-state index is 0.00335. The molecule has 14 amide bonds. The molecule has 3 aliphatic rings. The first-order chi connectivity index (χ1) is 59.8. The summed E-state index contributed by atoms with van der Waals surface area (Å²) in [5, 5.41) is 45.7. The van der Waals surface area contributed by atoms with E-state index in [0.29, 0.717) is 84.3 Å². The van der Waals surface area contributed by atoms with E-state index in [2.05, 4.69) is 83.8 Å². The molecule has 0 spiro atoms. The Bertz CT molecular complexity index is 4350. The van der Waals surface area contributed by atoms with Gasteiger partial charge in [0.1, 0.15) is 84.6 Å². The van der Waals surface area contributed by atoms with E-state index < -0.39 is 173 Å². The van der Waals surface area contributed by atoms with Gasteiger partial charge in [-0.3, -0.25) is 77.1 Å². The number of nitrogens with two attached hydrogens (primary N) is 8. The van der Waals surface area contributed by atoms with Crippen LogP contribution in [0.5, 0.6) is 0 Å². The van der Waals surface area contributed by atoms with E-state index in [4.69, 9.17) is 45.9 Å². The van der Waals surface area contributed by atoms with Crippen molar-refractivity contribution in [3.63, 3.8) is 0 Å². The van der Waals surface area contributed by atoms with Gasteiger partial charge in [0.05, 0.1) is 6.10 Å². The fourth-order valence-electron chi connectivity index (χ4n) is 15.6. The van der Waals surface area contributed by atoms with E-state index >= 15 is 33.6 Å². The number of fused-ring (bicyclic) bond motifs is 4. The molecule has 0 unspecified atom stereocenters. The van der Waals surface area contributed by atoms with Crippen molar-refractivity contribution in [3.8, 4) is 0 Å². The molecule has 125 heavy (non-hydrogen) atoms. The standard InChI is InChI=1S/C84H134N26O15/c1-47(2)42-63-77(120)103-59(28-12-16-36-87)73(116)100-58(27-11-15-35-86)72(115)101-60(30-18-38-93-83(89)90)74(117)102-61(31-19-39-94-84(91)92)75(118)106-64(43-51-45-95-55-24-8-6-22-53(51)55)76(119)98-48(3)69(112)99-57(26-10-14-34-85)71(114)97-49(4)70(113)104-62(29-13-17-37-88)81(124)110-41-21-33-67(110)82(125)109-40-20-32-66(109)79(122)108-68(50(5)111)80(123)107-65(78(121)105-63)44-52-46-96-56-25-9-7-23-54(52)56/h6-9,22-25,45-50,57-68,95-96,111H,10-21,26-44,85-88H2,1-5H3,(H,97,114)(H,98,119)(H,99,112)(H,100,116)(H,101,115)(H,102,117)(H,103,120)(H,104,113)(H,105,121)(H,106,118)(H,107,123)(H,108,122)(H4,89,90,93)(H4,91,92,94)/t48-,49-,50+,57-,58-,59-,60-,61-,62-,63-,64-,65-,66-,67+,68-/m0/s1. The van der Waals surface area contributed by atoms with Crippen molar-refractivity contribution in [2.24, 2.45) is 61.8 Å². The number of benzene rings is 2. The summed E-state index contributed by atoms with van der Waals surface area (Å²) in [6.45, 7) is 8.42. The molecule has 7 rings (SSSR count). The summed E-state index contributed by atoms with van der Waals surface area (Å²) in [6.07, 6.45) is 4.62. The number of aliphatic imine (C=N–C) groups is 2. The van der Waals surface area contributed by atoms with E-state index in [9.17, 15) is 38.7 Å². The zero-order chi connectivity index (χ0) is 91.4. The summed E-state index contributed by atoms with van der Waals surface area (Å²) >= 11 is 0. The molecule has 4 aromatic rings. The van der Waals surface area contributed by atoms with Crippen LogP contribution in [0.2, 0.25) is 0 Å². The number of amides is 14. The Morgan fingerprint density at radius 1 is 0.384 bits per heavy atom. The predicted octanol–water partition coefficient (Wildman–Crippen LogP) is -3.66. The lowest BCUT2D eigenvalue weighted by molar-refractivity contribution is -0.148. The van der Waals surface area contributed by atoms with Crippen LogP contribution in [0.1, 0.15) is 181 Å². The molecule has 0 saturated carbocycles. The molecule has 0 bridgehead atoms. The van der Waals surface area contributed by atoms with E-state index in [1.807, 2.05) is 0 Å². The summed E-state index contributed by atoms with van der Waals surface area (Å²) < 4.78 is 0. The molecule has 0 aliphatic carbocycles. The first-order valence-corrected chi connectivity index (χ1v) is 43.7. The largest absolute Gasteiger partial charge is 0.391 e. The number of hydrogen-bond donors (Lipinski definition) is 23. The van der Waals surface area contributed by atoms with Gasteiger partial charge >= 0.3 is 0 Å². The van der Waals surface area contributed by atoms with E-state index in [0.717, 1.165) is 0 Å². The number of H-pyrrole nitrogens is 2. The molecule has 3 fully saturated rings. The van der Waals surface area contributed by atoms with Crippen LogP contribution in [0.15, 0.2) is 70.9 Å². The molecule has 15 atom stereocenters. The average molecular weight is 1750 g/mol. The minimum atomic E-state index is -1.76. The van der Waals surface area contributed by atoms with Gasteiger partial charge in [0.25, 0.3) is 0 Å². The Labute approximate surface area is 728 Å². The zero-order valence-corrected chi connectivity index (χ0v) is 72.5. The Morgan fingerprint density at radius 2 is 0.712 bits per heavy atom. The second kappa shape index (κ2) is 51.0. The fourth-order valence-corrected chi connectivity index (χ4v) is 15.6. The normalized spacial score (nSPS) is 25.0. The minimum Gasteiger partial charge on any atom is -0.391 e. The van der Waals surface area contributed by atoms with Gasteiger partial charge in [-0.25, -0.2) is 0 Å². The van der Waals surface area contributed by atoms with Gasteiger partial charge in [0.2, 0.25) is 82.7 Å². The number of aromatic amines is 2. The summed E-state index contributed by atoms with van der Waals surface area (Å²) in [7, 11) is 0. The molecular formula is C84H134N26O15. The van der Waals surface area contributed by atoms with Crippen molar-refractivity contribution >= 4 is 116 Å². The van der Waals surface area contributed by atoms with Crippen molar-refractivity contribution in [3.05, 3.63) is 72.1 Å². The van der Waals surface area contributed by atoms with Crippen LogP contribution >= 0.6 is 0 Å². The Morgan fingerprint density at radius 3 is 1.12 bits per heavy atom. The average Bonchev–Trinajstić information content (AvgIpc) is 1.67. The van der Waals surface area contributed by atoms with Crippen LogP contribution in [0, 0.1) is 5.92 Å². The number of aliphatic hydroxyl groups is 1. The van der Waals surface area contributed by atoms with Crippen LogP contribution in [0.25, 0.3) is 21.8 Å². The first-order valence-electron chi connectivity index (χ1n) is 43.7. The number of guanidine groups is 2. The third-order valence-corrected chi connectivity index (χ3v) is 22.5. The summed E-state index contributed by atoms with van der Waals surface area (Å²) in [6, 6.07) is -5.56. The van der Waals surface area contributed by atoms with Crippen LogP contribution < -0.4 is 110 Å². The maximum atomic E-state index is 15.2. The van der Waals surface area contributed by atoms with Gasteiger partial charge in [-0.15, -0.1) is 0 Å². The highest BCUT2D eigenvalue weighted by atomic mass is 16.3. The molecule has 41 nitrogen and oxygen atoms in total. The lowest BCUT2D eigenvalue weighted by Gasteiger charge is -2.34. The molecule has 2 aromatic carbocycles. The molecule has 3 aliphatic heterocycles. The van der Waals surface area contributed by atoms with Gasteiger partial charge in [0.15, 0.2) is 11.9 Å². The molecular weight excluding hydrogens is 1610 g/mol. The molecule has 0 radical (unpaired) electrons. The SMILES string of the molecule is CC(C)C[C@@H]1NC(=O)[C@H](Cc2c[nH]c3ccccc23)NC(=O)[C@H]([C@@H](C)O)NC(=O)[C@@H]2CCCN2C(=O)[C@H]2CCCN2C(=O)[C@H](CCCCN)NC(=O)[C@H](C)NC(=O)[C@H](CCCCN)NC(=O)[C@H](C)NC(=O)[C@H](Cc2c[nH]c3ccccc23)NC(=O)[C@H](CCCN=C(N)N)NC(=O)[C@H](CCCN=C(N)N)NC(=O)[C@H](CCCCN)NC(=O)[C@H](CCCCN)NC1=O. The van der Waals surface area contributed by atoms with Gasteiger partial charge in [-0.05, 0) is 211 Å². The summed E-state index contributed by atoms with van der Waals surface area (Å²) in [5.41, 5.74) is 49.0. The highest BCUT2D eigenvalue weighted by Gasteiger charge is 2.46. The van der Waals surface area contributed by atoms with Crippen molar-refractivity contribution in [2.75, 3.05) is 52.4 Å². The maximum Gasteiger partial charge on any atom is 0.246 e. The monoisotopic (exact) mass is 1750 g/mol. The number of unbranched alkanes of at least 4 members (excludes halogenated alkanes) is 4. The van der Waals surface area contributed by atoms with Crippen LogP contribution in [0.4, 0.5) is 0 Å². The van der Waals surface area contributed by atoms with Crippen molar-refractivity contribution in [2.45, 2.75) is 273 Å². The number of nitrogens with zero attached hydrogens (tertiary/aromatic N) is 4. The maximum absolute atomic E-state index is 15.2. The summed E-state index contributed by atoms with van der Waals surface area (Å²) in [4.78, 5) is 226. The Balaban J connectivity index is 1.30. The Kier molecular flexibility index (Phi) is 41.0. The van der Waals surface area contributed by atoms with Crippen LogP contribution in [-0.4, -0.2) is 263 Å². The van der Waals surface area contributed by atoms with E-state index in [1.54, 1.807) is 74.8 Å². The number of rotatable bonds is 31. The summed E-state index contributed by atoms with van der Waals surface area (Å²) in [5.74, 6) is -12.6. The van der Waals surface area contributed by atoms with Gasteiger partial charge < -0.3 is 135 Å². The second-order valence-electron chi connectivity index (χ2n) is 32.9. The molecule has 2 aromatic heterocycles. The molecule has 3 saturated heterocycles. The van der Waals surface area contributed by atoms with Crippen LogP contribution in [0.3, 0.4) is 0 Å². The quantitative estimate of drug-likeness (QED) is 0.0131. The lowest BCUT2D eigenvalue weighted by atomic mass is 9.99. The predicted molar refractivity (Wildman–Crippen MR) is 471 cm³/mol. The number of carbonyl (C=O) groups excluding carboxylic acids is 14. The molecule has 5 heterocycles. The molecule has 690 valence electrons. The number of para-hydroxylation sites is 2. The topological polar surface area (TPSA) is 675 Å². The number of aromatic nitrogens is 2. The zero-order valence-electron chi connectivity index (χ0n) is 72.5. The highest BCUT2D eigenvalue weighted by molar-refractivity contribution is 6.02. The van der Waals surface area contributed by atoms with Gasteiger partial charge in [-0.1, -0.05) is 50.2 Å².